The second kappa shape index (κ2) is 10.1. The van der Waals surface area contributed by atoms with Crippen LogP contribution in [0.2, 0.25) is 0 Å². The van der Waals surface area contributed by atoms with Gasteiger partial charge in [0.25, 0.3) is 5.91 Å². The molecule has 2 rings (SSSR count). The lowest BCUT2D eigenvalue weighted by molar-refractivity contribution is 0.0387. The maximum absolute atomic E-state index is 13.1. The van der Waals surface area contributed by atoms with Crippen LogP contribution in [0.5, 0.6) is 0 Å². The van der Waals surface area contributed by atoms with Crippen molar-refractivity contribution in [1.82, 2.24) is 9.88 Å². The summed E-state index contributed by atoms with van der Waals surface area (Å²) in [6.07, 6.45) is 0. The van der Waals surface area contributed by atoms with Gasteiger partial charge in [0.1, 0.15) is 12.3 Å². The Bertz CT molecular complexity index is 840. The van der Waals surface area contributed by atoms with Gasteiger partial charge in [-0.2, -0.15) is 0 Å². The number of hydrogen-bond acceptors (Lipinski definition) is 5. The van der Waals surface area contributed by atoms with Gasteiger partial charge in [0.15, 0.2) is 0 Å². The number of nitrogens with one attached hydrogen (secondary N) is 1. The number of aromatic amines is 1. The molecule has 0 bridgehead atoms. The number of aryl methyl sites for hydroxylation is 1. The summed E-state index contributed by atoms with van der Waals surface area (Å²) >= 11 is 0. The lowest BCUT2D eigenvalue weighted by Crippen LogP contribution is -2.31. The first-order chi connectivity index (χ1) is 13.8. The highest BCUT2D eigenvalue weighted by Gasteiger charge is 2.25. The van der Waals surface area contributed by atoms with Crippen molar-refractivity contribution >= 4 is 17.6 Å². The summed E-state index contributed by atoms with van der Waals surface area (Å²) in [5.74, 6) is -0.588. The van der Waals surface area contributed by atoms with E-state index in [1.165, 1.54) is 0 Å². The molecule has 0 radical (unpaired) electrons. The zero-order valence-electron chi connectivity index (χ0n) is 18.2. The van der Waals surface area contributed by atoms with E-state index < -0.39 is 5.97 Å². The Labute approximate surface area is 172 Å². The number of carbonyl (C=O) groups is 2. The fraction of sp³-hybridized carbons (Fsp3) is 0.455. The zero-order valence-corrected chi connectivity index (χ0v) is 18.2. The molecule has 1 amide bonds. The van der Waals surface area contributed by atoms with Gasteiger partial charge in [0, 0.05) is 45.7 Å². The third-order valence-electron chi connectivity index (χ3n) is 4.87. The van der Waals surface area contributed by atoms with E-state index in [4.69, 9.17) is 9.47 Å². The van der Waals surface area contributed by atoms with Crippen LogP contribution in [0.1, 0.15) is 44.6 Å². The first-order valence-electron chi connectivity index (χ1n) is 9.70. The van der Waals surface area contributed by atoms with Crippen molar-refractivity contribution in [3.05, 3.63) is 52.3 Å². The summed E-state index contributed by atoms with van der Waals surface area (Å²) in [7, 11) is 5.53. The molecule has 0 saturated heterocycles. The smallest absolute Gasteiger partial charge is 0.340 e. The second-order valence-electron chi connectivity index (χ2n) is 7.13. The maximum atomic E-state index is 13.1. The number of nitrogens with zero attached hydrogens (tertiary/aromatic N) is 2. The summed E-state index contributed by atoms with van der Waals surface area (Å²) in [4.78, 5) is 32.4. The van der Waals surface area contributed by atoms with E-state index in [0.717, 1.165) is 11.3 Å². The molecule has 7 nitrogen and oxygen atoms in total. The van der Waals surface area contributed by atoms with Crippen molar-refractivity contribution in [3.8, 4) is 0 Å². The van der Waals surface area contributed by atoms with E-state index in [1.807, 2.05) is 50.2 Å². The number of methoxy groups -OCH3 is 1. The van der Waals surface area contributed by atoms with Crippen LogP contribution in [0.4, 0.5) is 5.69 Å². The number of carbonyl (C=O) groups excluding carboxylic acids is 2. The highest BCUT2D eigenvalue weighted by molar-refractivity contribution is 6.00. The van der Waals surface area contributed by atoms with E-state index >= 15 is 0 Å². The topological polar surface area (TPSA) is 74.9 Å². The molecule has 29 heavy (non-hydrogen) atoms. The standard InChI is InChI=1S/C22H31N3O4/c1-7-25(14-17-8-10-18(11-9-17)24(4)5)21(26)20-15(2)19(16(3)23-20)22(27)29-13-12-28-6/h8-11,23H,7,12-14H2,1-6H3. The molecule has 0 unspecified atom stereocenters. The van der Waals surface area contributed by atoms with Crippen LogP contribution in [-0.4, -0.2) is 62.7 Å². The molecule has 1 aromatic carbocycles. The summed E-state index contributed by atoms with van der Waals surface area (Å²) in [6.45, 7) is 7.03. The summed E-state index contributed by atoms with van der Waals surface area (Å²) < 4.78 is 10.1. The third-order valence-corrected chi connectivity index (χ3v) is 4.87. The lowest BCUT2D eigenvalue weighted by Gasteiger charge is -2.21. The molecule has 158 valence electrons. The van der Waals surface area contributed by atoms with Crippen LogP contribution in [0.3, 0.4) is 0 Å². The monoisotopic (exact) mass is 401 g/mol. The maximum Gasteiger partial charge on any atom is 0.340 e. The van der Waals surface area contributed by atoms with Crippen LogP contribution in [0.15, 0.2) is 24.3 Å². The van der Waals surface area contributed by atoms with Crippen molar-refractivity contribution < 1.29 is 19.1 Å². The highest BCUT2D eigenvalue weighted by Crippen LogP contribution is 2.22. The van der Waals surface area contributed by atoms with Crippen LogP contribution < -0.4 is 4.90 Å². The van der Waals surface area contributed by atoms with Crippen LogP contribution in [0.25, 0.3) is 0 Å². The number of amides is 1. The molecule has 1 N–H and O–H groups in total. The second-order valence-corrected chi connectivity index (χ2v) is 7.13. The summed E-state index contributed by atoms with van der Waals surface area (Å²) in [5.41, 5.74) is 4.22. The van der Waals surface area contributed by atoms with Gasteiger partial charge in [-0.1, -0.05) is 12.1 Å². The van der Waals surface area contributed by atoms with E-state index in [2.05, 4.69) is 4.98 Å². The Hall–Kier alpha value is -2.80. The van der Waals surface area contributed by atoms with E-state index in [9.17, 15) is 9.59 Å². The van der Waals surface area contributed by atoms with Crippen LogP contribution in [0, 0.1) is 13.8 Å². The third kappa shape index (κ3) is 5.38. The fourth-order valence-corrected chi connectivity index (χ4v) is 3.17. The minimum atomic E-state index is -0.449. The fourth-order valence-electron chi connectivity index (χ4n) is 3.17. The molecule has 0 spiro atoms. The molecule has 0 saturated carbocycles. The summed E-state index contributed by atoms with van der Waals surface area (Å²) in [5, 5.41) is 0. The molecule has 2 aromatic rings. The summed E-state index contributed by atoms with van der Waals surface area (Å²) in [6, 6.07) is 8.12. The molecule has 7 heteroatoms. The molecular weight excluding hydrogens is 370 g/mol. The number of esters is 1. The number of benzene rings is 1. The van der Waals surface area contributed by atoms with Crippen molar-refractivity contribution in [2.24, 2.45) is 0 Å². The van der Waals surface area contributed by atoms with Crippen molar-refractivity contribution in [1.29, 1.82) is 0 Å². The van der Waals surface area contributed by atoms with E-state index in [1.54, 1.807) is 25.9 Å². The van der Waals surface area contributed by atoms with E-state index in [0.29, 0.717) is 42.2 Å². The molecule has 1 aromatic heterocycles. The largest absolute Gasteiger partial charge is 0.460 e. The number of H-pyrrole nitrogens is 1. The average Bonchev–Trinajstić information content (AvgIpc) is 3.00. The Morgan fingerprint density at radius 1 is 1.07 bits per heavy atom. The molecule has 0 aliphatic carbocycles. The lowest BCUT2D eigenvalue weighted by atomic mass is 10.1. The molecule has 1 heterocycles. The Morgan fingerprint density at radius 3 is 2.28 bits per heavy atom. The van der Waals surface area contributed by atoms with Crippen molar-refractivity contribution in [3.63, 3.8) is 0 Å². The SMILES string of the molecule is CCN(Cc1ccc(N(C)C)cc1)C(=O)c1[nH]c(C)c(C(=O)OCCOC)c1C. The van der Waals surface area contributed by atoms with Gasteiger partial charge >= 0.3 is 5.97 Å². The van der Waals surface area contributed by atoms with Crippen LogP contribution in [-0.2, 0) is 16.0 Å². The number of anilines is 1. The quantitative estimate of drug-likeness (QED) is 0.516. The predicted molar refractivity (Wildman–Crippen MR) is 114 cm³/mol. The molecule has 0 aliphatic rings. The zero-order chi connectivity index (χ0) is 21.6. The highest BCUT2D eigenvalue weighted by atomic mass is 16.6. The Balaban J connectivity index is 2.18. The molecular formula is C22H31N3O4. The van der Waals surface area contributed by atoms with Gasteiger partial charge in [-0.05, 0) is 44.0 Å². The molecule has 0 aliphatic heterocycles. The number of ether oxygens (including phenoxy) is 2. The van der Waals surface area contributed by atoms with Crippen molar-refractivity contribution in [2.75, 3.05) is 45.9 Å². The first-order valence-corrected chi connectivity index (χ1v) is 9.70. The molecule has 0 fully saturated rings. The van der Waals surface area contributed by atoms with Gasteiger partial charge < -0.3 is 24.3 Å². The Kier molecular flexibility index (Phi) is 7.84. The van der Waals surface area contributed by atoms with Gasteiger partial charge in [0.2, 0.25) is 0 Å². The normalized spacial score (nSPS) is 10.7. The van der Waals surface area contributed by atoms with Gasteiger partial charge in [-0.25, -0.2) is 4.79 Å². The van der Waals surface area contributed by atoms with Gasteiger partial charge in [0.05, 0.1) is 12.2 Å². The number of rotatable bonds is 9. The number of aromatic nitrogens is 1. The van der Waals surface area contributed by atoms with Gasteiger partial charge in [-0.3, -0.25) is 4.79 Å². The van der Waals surface area contributed by atoms with E-state index in [-0.39, 0.29) is 12.5 Å². The number of hydrogen-bond donors (Lipinski definition) is 1. The van der Waals surface area contributed by atoms with Crippen molar-refractivity contribution in [2.45, 2.75) is 27.3 Å². The molecule has 0 atom stereocenters. The first kappa shape index (κ1) is 22.5. The predicted octanol–water partition coefficient (Wildman–Crippen LogP) is 3.16. The minimum Gasteiger partial charge on any atom is -0.460 e. The average molecular weight is 402 g/mol. The van der Waals surface area contributed by atoms with Crippen LogP contribution >= 0.6 is 0 Å². The Morgan fingerprint density at radius 2 is 1.72 bits per heavy atom. The van der Waals surface area contributed by atoms with Gasteiger partial charge in [-0.15, -0.1) is 0 Å². The minimum absolute atomic E-state index is 0.138.